The Morgan fingerprint density at radius 1 is 0.836 bits per heavy atom. The quantitative estimate of drug-likeness (QED) is 0.100. The molecule has 8 rings (SSSR count). The van der Waals surface area contributed by atoms with E-state index in [1.165, 1.54) is 35.1 Å². The number of carbonyl (C=O) groups excluding carboxylic acids is 4. The molecule has 0 saturated carbocycles. The fourth-order valence-corrected chi connectivity index (χ4v) is 10.9. The Morgan fingerprint density at radius 2 is 1.52 bits per heavy atom. The lowest BCUT2D eigenvalue weighted by Crippen LogP contribution is -2.51. The van der Waals surface area contributed by atoms with Crippen LogP contribution >= 0.6 is 11.3 Å². The summed E-state index contributed by atoms with van der Waals surface area (Å²) >= 11 is 1.78. The highest BCUT2D eigenvalue weighted by Crippen LogP contribution is 2.47. The van der Waals surface area contributed by atoms with Crippen molar-refractivity contribution in [3.63, 3.8) is 0 Å². The Bertz CT molecular complexity index is 2450. The number of aromatic amines is 2. The monoisotopic (exact) mass is 852 g/mol. The van der Waals surface area contributed by atoms with Crippen molar-refractivity contribution in [2.75, 3.05) is 41.0 Å². The molecule has 0 unspecified atom stereocenters. The summed E-state index contributed by atoms with van der Waals surface area (Å²) in [6.45, 7) is 9.25. The number of rotatable bonds is 12. The fourth-order valence-electron chi connectivity index (χ4n) is 9.52. The van der Waals surface area contributed by atoms with Crippen molar-refractivity contribution >= 4 is 57.1 Å². The number of fused-ring (bicyclic) bond motifs is 4. The third kappa shape index (κ3) is 8.07. The summed E-state index contributed by atoms with van der Waals surface area (Å²) < 4.78 is 15.2. The Balaban J connectivity index is 1.07. The molecular weight excluding hydrogens is 797 g/mol. The number of H-pyrrole nitrogens is 2. The number of methoxy groups -OCH3 is 3. The van der Waals surface area contributed by atoms with E-state index in [1.54, 1.807) is 18.4 Å². The molecule has 5 atom stereocenters. The maximum Gasteiger partial charge on any atom is 0.407 e. The van der Waals surface area contributed by atoms with Gasteiger partial charge in [0.1, 0.15) is 23.7 Å². The minimum Gasteiger partial charge on any atom is -0.453 e. The normalized spacial score (nSPS) is 19.9. The van der Waals surface area contributed by atoms with Gasteiger partial charge in [0, 0.05) is 36.4 Å². The zero-order valence-corrected chi connectivity index (χ0v) is 36.7. The van der Waals surface area contributed by atoms with Crippen LogP contribution in [0, 0.1) is 17.8 Å². The molecule has 15 nitrogen and oxygen atoms in total. The third-order valence-corrected chi connectivity index (χ3v) is 13.9. The molecular formula is C45H56N8O7S. The first-order chi connectivity index (χ1) is 29.4. The lowest BCUT2D eigenvalue weighted by Gasteiger charge is -2.30. The van der Waals surface area contributed by atoms with Crippen LogP contribution in [-0.4, -0.2) is 107 Å². The summed E-state index contributed by atoms with van der Waals surface area (Å²) in [5.74, 6) is 1.03. The number of hydrogen-bond donors (Lipinski definition) is 4. The van der Waals surface area contributed by atoms with E-state index in [2.05, 4.69) is 50.9 Å². The van der Waals surface area contributed by atoms with Gasteiger partial charge < -0.3 is 44.6 Å². The van der Waals surface area contributed by atoms with Crippen molar-refractivity contribution < 1.29 is 33.4 Å². The van der Waals surface area contributed by atoms with Crippen LogP contribution in [0.1, 0.15) is 88.2 Å². The van der Waals surface area contributed by atoms with Crippen LogP contribution in [0.3, 0.4) is 0 Å². The van der Waals surface area contributed by atoms with Crippen LogP contribution in [-0.2, 0) is 36.6 Å². The van der Waals surface area contributed by atoms with Gasteiger partial charge in [-0.05, 0) is 84.6 Å². The second-order valence-corrected chi connectivity index (χ2v) is 18.3. The van der Waals surface area contributed by atoms with E-state index in [1.807, 2.05) is 43.7 Å². The van der Waals surface area contributed by atoms with Crippen LogP contribution in [0.25, 0.3) is 42.8 Å². The molecule has 0 spiro atoms. The van der Waals surface area contributed by atoms with Crippen molar-refractivity contribution in [2.24, 2.45) is 17.8 Å². The molecule has 324 valence electrons. The van der Waals surface area contributed by atoms with E-state index < -0.39 is 24.3 Å². The molecule has 2 aliphatic heterocycles. The summed E-state index contributed by atoms with van der Waals surface area (Å²) in [7, 11) is 4.27. The van der Waals surface area contributed by atoms with Crippen molar-refractivity contribution in [3.8, 4) is 21.0 Å². The van der Waals surface area contributed by atoms with Crippen molar-refractivity contribution in [1.29, 1.82) is 0 Å². The summed E-state index contributed by atoms with van der Waals surface area (Å²) in [4.78, 5) is 75.4. The van der Waals surface area contributed by atoms with Gasteiger partial charge in [0.15, 0.2) is 0 Å². The Labute approximate surface area is 359 Å². The maximum absolute atomic E-state index is 14.0. The average molecular weight is 853 g/mol. The first-order valence-electron chi connectivity index (χ1n) is 21.3. The first kappa shape index (κ1) is 42.2. The van der Waals surface area contributed by atoms with E-state index in [-0.39, 0.29) is 41.7 Å². The number of nitrogens with zero attached hydrogens (tertiary/aromatic N) is 4. The van der Waals surface area contributed by atoms with Crippen LogP contribution in [0.5, 0.6) is 0 Å². The number of nitrogens with one attached hydrogen (secondary N) is 4. The number of aromatic nitrogens is 4. The molecule has 1 aliphatic carbocycles. The first-order valence-corrected chi connectivity index (χ1v) is 22.1. The lowest BCUT2D eigenvalue weighted by atomic mass is 10.0. The van der Waals surface area contributed by atoms with E-state index in [0.29, 0.717) is 26.1 Å². The number of alkyl carbamates (subject to hydrolysis) is 2. The van der Waals surface area contributed by atoms with Gasteiger partial charge in [-0.25, -0.2) is 19.6 Å². The number of carbonyl (C=O) groups is 4. The fraction of sp³-hybridized carbons (Fsp3) is 0.511. The van der Waals surface area contributed by atoms with E-state index in [9.17, 15) is 19.2 Å². The van der Waals surface area contributed by atoms with E-state index in [4.69, 9.17) is 24.2 Å². The minimum absolute atomic E-state index is 0.115. The standard InChI is InChI=1S/C45H56N8O7S/c1-23(2)35(50-44(56)59-6)42(54)52-17-9-12-33(52)41-47-31-16-14-26-19-27(13-15-28(26)37(31)49-41)38-29-10-8-11-30(29)39(61-38)32-20-46-40(48-32)34-18-25(22-58-5)21-53(34)43(55)36(24(3)4)51-45(57)60-7/h13-16,19-20,23-25,33-36H,8-12,17-18,21-22H2,1-7H3,(H,46,48)(H,47,49)(H,50,56)(H,51,57)/t25-,33-,34-,35-,36-/m0/s1. The van der Waals surface area contributed by atoms with Crippen molar-refractivity contribution in [2.45, 2.75) is 90.4 Å². The zero-order chi connectivity index (χ0) is 43.1. The second kappa shape index (κ2) is 17.5. The van der Waals surface area contributed by atoms with Crippen LogP contribution in [0.4, 0.5) is 9.59 Å². The predicted molar refractivity (Wildman–Crippen MR) is 233 cm³/mol. The van der Waals surface area contributed by atoms with E-state index in [0.717, 1.165) is 76.8 Å². The zero-order valence-electron chi connectivity index (χ0n) is 35.9. The molecule has 0 radical (unpaired) electrons. The molecule has 5 heterocycles. The van der Waals surface area contributed by atoms with Gasteiger partial charge in [-0.2, -0.15) is 0 Å². The van der Waals surface area contributed by atoms with Crippen LogP contribution in [0.2, 0.25) is 0 Å². The highest BCUT2D eigenvalue weighted by atomic mass is 32.1. The number of thiophene rings is 1. The molecule has 2 saturated heterocycles. The molecule has 4 amide bonds. The highest BCUT2D eigenvalue weighted by molar-refractivity contribution is 7.19. The smallest absolute Gasteiger partial charge is 0.407 e. The van der Waals surface area contributed by atoms with Crippen molar-refractivity contribution in [3.05, 3.63) is 59.3 Å². The van der Waals surface area contributed by atoms with Crippen LogP contribution in [0.15, 0.2) is 36.5 Å². The summed E-state index contributed by atoms with van der Waals surface area (Å²) in [5, 5.41) is 7.58. The molecule has 3 aromatic heterocycles. The Morgan fingerprint density at radius 3 is 2.20 bits per heavy atom. The summed E-state index contributed by atoms with van der Waals surface area (Å²) in [6, 6.07) is 8.81. The average Bonchev–Trinajstić information content (AvgIpc) is 4.11. The number of benzene rings is 2. The van der Waals surface area contributed by atoms with Gasteiger partial charge in [0.25, 0.3) is 0 Å². The number of hydrogen-bond acceptors (Lipinski definition) is 10. The summed E-state index contributed by atoms with van der Waals surface area (Å²) in [5.41, 5.74) is 6.58. The van der Waals surface area contributed by atoms with Crippen LogP contribution < -0.4 is 10.6 Å². The Hall–Kier alpha value is -5.48. The Kier molecular flexibility index (Phi) is 12.1. The second-order valence-electron chi connectivity index (χ2n) is 17.2. The third-order valence-electron chi connectivity index (χ3n) is 12.6. The van der Waals surface area contributed by atoms with Gasteiger partial charge >= 0.3 is 12.2 Å². The molecule has 16 heteroatoms. The molecule has 4 N–H and O–H groups in total. The van der Waals surface area contributed by atoms with Gasteiger partial charge in [0.05, 0.1) is 60.7 Å². The number of imidazole rings is 2. The van der Waals surface area contributed by atoms with E-state index >= 15 is 0 Å². The molecule has 61 heavy (non-hydrogen) atoms. The summed E-state index contributed by atoms with van der Waals surface area (Å²) in [6.07, 6.45) is 6.00. The predicted octanol–water partition coefficient (Wildman–Crippen LogP) is 7.28. The number of ether oxygens (including phenoxy) is 3. The number of likely N-dealkylation sites (tertiary alicyclic amines) is 2. The SMILES string of the molecule is COC[C@H]1C[C@@H](c2ncc(-c3sc(-c4ccc5c(ccc6[nH]c([C@@H]7CCCN7C(=O)[C@@H](NC(=O)OC)C(C)C)nc65)c4)c4c3CCC4)[nH]2)N(C(=O)[C@@H](NC(=O)OC)C(C)C)C1. The molecule has 3 aliphatic rings. The highest BCUT2D eigenvalue weighted by Gasteiger charge is 2.42. The van der Waals surface area contributed by atoms with Gasteiger partial charge in [-0.15, -0.1) is 11.3 Å². The topological polar surface area (TPSA) is 184 Å². The number of amides is 4. The maximum atomic E-state index is 14.0. The molecule has 2 aromatic carbocycles. The van der Waals surface area contributed by atoms with Crippen molar-refractivity contribution in [1.82, 2.24) is 40.4 Å². The largest absolute Gasteiger partial charge is 0.453 e. The molecule has 2 fully saturated rings. The van der Waals surface area contributed by atoms with Gasteiger partial charge in [-0.3, -0.25) is 9.59 Å². The molecule has 5 aromatic rings. The van der Waals surface area contributed by atoms with Gasteiger partial charge in [0.2, 0.25) is 11.8 Å². The lowest BCUT2D eigenvalue weighted by molar-refractivity contribution is -0.136. The minimum atomic E-state index is -0.740. The molecule has 0 bridgehead atoms. The van der Waals surface area contributed by atoms with Gasteiger partial charge in [-0.1, -0.05) is 45.9 Å².